The third-order valence-corrected chi connectivity index (χ3v) is 3.87. The van der Waals surface area contributed by atoms with Crippen molar-refractivity contribution in [3.63, 3.8) is 0 Å². The topological polar surface area (TPSA) is 52.7 Å². The summed E-state index contributed by atoms with van der Waals surface area (Å²) in [6.45, 7) is 4.86. The van der Waals surface area contributed by atoms with E-state index in [1.165, 1.54) is 16.7 Å². The van der Waals surface area contributed by atoms with Gasteiger partial charge in [0.05, 0.1) is 11.0 Å². The molecule has 0 aliphatic rings. The number of nitrogens with zero attached hydrogens (tertiary/aromatic N) is 1. The van der Waals surface area contributed by atoms with E-state index in [2.05, 4.69) is 58.7 Å². The molecular weight excluding hydrogens is 292 g/mol. The van der Waals surface area contributed by atoms with Crippen LogP contribution < -0.4 is 10.6 Å². The van der Waals surface area contributed by atoms with E-state index in [1.54, 1.807) is 0 Å². The molecule has 0 bridgehead atoms. The molecule has 112 valence electrons. The Bertz CT molecular complexity index is 769. The Morgan fingerprint density at radius 3 is 2.64 bits per heavy atom. The molecule has 1 aromatic heterocycles. The molecule has 0 saturated heterocycles. The molecule has 2 aromatic carbocycles. The van der Waals surface area contributed by atoms with Crippen LogP contribution in [0.25, 0.3) is 11.0 Å². The van der Waals surface area contributed by atoms with E-state index in [4.69, 9.17) is 12.2 Å². The van der Waals surface area contributed by atoms with Gasteiger partial charge in [0.25, 0.3) is 0 Å². The molecule has 22 heavy (non-hydrogen) atoms. The number of benzene rings is 2. The van der Waals surface area contributed by atoms with E-state index in [0.717, 1.165) is 11.0 Å². The number of hydrogen-bond donors (Lipinski definition) is 3. The molecule has 0 unspecified atom stereocenters. The fraction of sp³-hybridized carbons (Fsp3) is 0.176. The van der Waals surface area contributed by atoms with Crippen LogP contribution in [0, 0.1) is 13.8 Å². The van der Waals surface area contributed by atoms with Crippen LogP contribution in [0.4, 0.5) is 5.95 Å². The van der Waals surface area contributed by atoms with Crippen molar-refractivity contribution in [1.29, 1.82) is 0 Å². The number of aromatic nitrogens is 2. The monoisotopic (exact) mass is 310 g/mol. The molecule has 4 nitrogen and oxygen atoms in total. The maximum absolute atomic E-state index is 5.31. The summed E-state index contributed by atoms with van der Waals surface area (Å²) in [5.41, 5.74) is 5.61. The van der Waals surface area contributed by atoms with Gasteiger partial charge in [0.1, 0.15) is 0 Å². The fourth-order valence-corrected chi connectivity index (χ4v) is 2.43. The molecule has 1 heterocycles. The van der Waals surface area contributed by atoms with Gasteiger partial charge in [-0.15, -0.1) is 0 Å². The lowest BCUT2D eigenvalue weighted by atomic mass is 10.1. The standard InChI is InChI=1S/C17H18N4S/c1-11-8-14-15(9-12(11)2)20-16(19-14)21-17(22)18-10-13-6-4-3-5-7-13/h3-9H,10H2,1-2H3,(H3,18,19,20,21,22). The van der Waals surface area contributed by atoms with Crippen molar-refractivity contribution in [2.24, 2.45) is 0 Å². The molecule has 0 atom stereocenters. The zero-order chi connectivity index (χ0) is 15.5. The number of thiocarbonyl (C=S) groups is 1. The summed E-state index contributed by atoms with van der Waals surface area (Å²) in [6.07, 6.45) is 0. The number of nitrogens with one attached hydrogen (secondary N) is 3. The maximum Gasteiger partial charge on any atom is 0.207 e. The van der Waals surface area contributed by atoms with Crippen molar-refractivity contribution < 1.29 is 0 Å². The average Bonchev–Trinajstić information content (AvgIpc) is 2.88. The summed E-state index contributed by atoms with van der Waals surface area (Å²) in [5, 5.41) is 6.82. The summed E-state index contributed by atoms with van der Waals surface area (Å²) < 4.78 is 0. The highest BCUT2D eigenvalue weighted by molar-refractivity contribution is 7.80. The van der Waals surface area contributed by atoms with Crippen LogP contribution in [0.5, 0.6) is 0 Å². The van der Waals surface area contributed by atoms with Crippen LogP contribution in [0.1, 0.15) is 16.7 Å². The Morgan fingerprint density at radius 2 is 1.86 bits per heavy atom. The molecule has 3 rings (SSSR count). The SMILES string of the molecule is Cc1cc2nc(NC(=S)NCc3ccccc3)[nH]c2cc1C. The molecular formula is C17H18N4S. The minimum atomic E-state index is 0.552. The predicted molar refractivity (Wildman–Crippen MR) is 95.1 cm³/mol. The Morgan fingerprint density at radius 1 is 1.14 bits per heavy atom. The number of aryl methyl sites for hydroxylation is 2. The van der Waals surface area contributed by atoms with Gasteiger partial charge in [-0.2, -0.15) is 0 Å². The van der Waals surface area contributed by atoms with Gasteiger partial charge in [-0.1, -0.05) is 30.3 Å². The summed E-state index contributed by atoms with van der Waals surface area (Å²) in [6, 6.07) is 14.3. The Kier molecular flexibility index (Phi) is 4.06. The minimum absolute atomic E-state index is 0.552. The largest absolute Gasteiger partial charge is 0.358 e. The first kappa shape index (κ1) is 14.5. The lowest BCUT2D eigenvalue weighted by molar-refractivity contribution is 0.924. The Labute approximate surface area is 135 Å². The van der Waals surface area contributed by atoms with Gasteiger partial charge in [0.2, 0.25) is 5.95 Å². The average molecular weight is 310 g/mol. The van der Waals surface area contributed by atoms with Gasteiger partial charge >= 0.3 is 0 Å². The van der Waals surface area contributed by atoms with Crippen molar-refractivity contribution >= 4 is 34.3 Å². The molecule has 0 radical (unpaired) electrons. The highest BCUT2D eigenvalue weighted by atomic mass is 32.1. The third-order valence-electron chi connectivity index (χ3n) is 3.63. The normalized spacial score (nSPS) is 10.6. The molecule has 0 amide bonds. The number of anilines is 1. The molecule has 0 aliphatic carbocycles. The van der Waals surface area contributed by atoms with Gasteiger partial charge in [-0.05, 0) is 54.9 Å². The van der Waals surface area contributed by atoms with Gasteiger partial charge in [-0.3, -0.25) is 0 Å². The van der Waals surface area contributed by atoms with E-state index < -0.39 is 0 Å². The minimum Gasteiger partial charge on any atom is -0.358 e. The highest BCUT2D eigenvalue weighted by Crippen LogP contribution is 2.19. The molecule has 0 spiro atoms. The van der Waals surface area contributed by atoms with E-state index in [-0.39, 0.29) is 0 Å². The van der Waals surface area contributed by atoms with Crippen molar-refractivity contribution in [2.75, 3.05) is 5.32 Å². The first-order chi connectivity index (χ1) is 10.6. The molecule has 5 heteroatoms. The summed E-state index contributed by atoms with van der Waals surface area (Å²) in [7, 11) is 0. The quantitative estimate of drug-likeness (QED) is 0.646. The number of H-pyrrole nitrogens is 1. The zero-order valence-electron chi connectivity index (χ0n) is 12.6. The second kappa shape index (κ2) is 6.15. The van der Waals surface area contributed by atoms with E-state index >= 15 is 0 Å². The van der Waals surface area contributed by atoms with Gasteiger partial charge < -0.3 is 15.6 Å². The van der Waals surface area contributed by atoms with Crippen LogP contribution in [0.15, 0.2) is 42.5 Å². The third kappa shape index (κ3) is 3.26. The molecule has 0 fully saturated rings. The first-order valence-corrected chi connectivity index (χ1v) is 7.58. The molecule has 3 aromatic rings. The number of imidazole rings is 1. The van der Waals surface area contributed by atoms with Crippen molar-refractivity contribution in [3.05, 3.63) is 59.2 Å². The smallest absolute Gasteiger partial charge is 0.207 e. The van der Waals surface area contributed by atoms with E-state index in [1.807, 2.05) is 18.2 Å². The zero-order valence-corrected chi connectivity index (χ0v) is 13.4. The lowest BCUT2D eigenvalue weighted by Gasteiger charge is -2.08. The van der Waals surface area contributed by atoms with Crippen LogP contribution >= 0.6 is 12.2 Å². The van der Waals surface area contributed by atoms with Gasteiger partial charge in [0.15, 0.2) is 5.11 Å². The number of rotatable bonds is 3. The molecule has 0 aliphatic heterocycles. The Balaban J connectivity index is 1.66. The summed E-state index contributed by atoms with van der Waals surface area (Å²) in [5.74, 6) is 0.658. The predicted octanol–water partition coefficient (Wildman–Crippen LogP) is 3.67. The van der Waals surface area contributed by atoms with Gasteiger partial charge in [0, 0.05) is 6.54 Å². The number of hydrogen-bond acceptors (Lipinski definition) is 2. The highest BCUT2D eigenvalue weighted by Gasteiger charge is 2.06. The van der Waals surface area contributed by atoms with E-state index in [0.29, 0.717) is 17.6 Å². The van der Waals surface area contributed by atoms with E-state index in [9.17, 15) is 0 Å². The number of fused-ring (bicyclic) bond motifs is 1. The maximum atomic E-state index is 5.31. The second-order valence-electron chi connectivity index (χ2n) is 5.33. The fourth-order valence-electron chi connectivity index (χ4n) is 2.26. The van der Waals surface area contributed by atoms with Crippen LogP contribution in [-0.2, 0) is 6.54 Å². The number of aromatic amines is 1. The summed E-state index contributed by atoms with van der Waals surface area (Å²) >= 11 is 5.31. The van der Waals surface area contributed by atoms with Crippen molar-refractivity contribution in [1.82, 2.24) is 15.3 Å². The summed E-state index contributed by atoms with van der Waals surface area (Å²) in [4.78, 5) is 7.76. The first-order valence-electron chi connectivity index (χ1n) is 7.17. The van der Waals surface area contributed by atoms with Gasteiger partial charge in [-0.25, -0.2) is 4.98 Å². The molecule has 3 N–H and O–H groups in total. The van der Waals surface area contributed by atoms with Crippen LogP contribution in [0.2, 0.25) is 0 Å². The Hall–Kier alpha value is -2.40. The van der Waals surface area contributed by atoms with Crippen LogP contribution in [0.3, 0.4) is 0 Å². The lowest BCUT2D eigenvalue weighted by Crippen LogP contribution is -2.28. The van der Waals surface area contributed by atoms with Crippen molar-refractivity contribution in [3.8, 4) is 0 Å². The van der Waals surface area contributed by atoms with Crippen molar-refractivity contribution in [2.45, 2.75) is 20.4 Å². The molecule has 0 saturated carbocycles. The van der Waals surface area contributed by atoms with Crippen LogP contribution in [-0.4, -0.2) is 15.1 Å². The second-order valence-corrected chi connectivity index (χ2v) is 5.74.